The van der Waals surface area contributed by atoms with Gasteiger partial charge >= 0.3 is 0 Å². The van der Waals surface area contributed by atoms with Gasteiger partial charge in [0.25, 0.3) is 5.78 Å². The minimum atomic E-state index is 0.432. The van der Waals surface area contributed by atoms with E-state index in [4.69, 9.17) is 16.3 Å². The third-order valence-corrected chi connectivity index (χ3v) is 2.73. The summed E-state index contributed by atoms with van der Waals surface area (Å²) in [5.41, 5.74) is 0. The van der Waals surface area contributed by atoms with Gasteiger partial charge in [-0.2, -0.15) is 19.6 Å². The predicted molar refractivity (Wildman–Crippen MR) is 58.8 cm³/mol. The lowest BCUT2D eigenvalue weighted by atomic mass is 10.4. The Morgan fingerprint density at radius 3 is 2.94 bits per heavy atom. The number of aromatic nitrogens is 4. The molecule has 3 rings (SSSR count). The number of hydrogen-bond donors (Lipinski definition) is 0. The van der Waals surface area contributed by atoms with Crippen molar-refractivity contribution >= 4 is 23.2 Å². The minimum absolute atomic E-state index is 0.432. The lowest BCUT2D eigenvalue weighted by molar-refractivity contribution is 0.122. The fraction of sp³-hybridized carbons (Fsp3) is 0.444. The molecule has 1 aliphatic rings. The van der Waals surface area contributed by atoms with E-state index in [1.54, 1.807) is 10.6 Å². The normalized spacial score (nSPS) is 16.9. The van der Waals surface area contributed by atoms with E-state index >= 15 is 0 Å². The van der Waals surface area contributed by atoms with Crippen LogP contribution in [-0.4, -0.2) is 45.9 Å². The van der Waals surface area contributed by atoms with Gasteiger partial charge in [0.05, 0.1) is 13.2 Å². The molecule has 1 fully saturated rings. The first-order chi connectivity index (χ1) is 7.84. The summed E-state index contributed by atoms with van der Waals surface area (Å²) in [6.45, 7) is 3.09. The van der Waals surface area contributed by atoms with Crippen LogP contribution in [0.1, 0.15) is 0 Å². The fourth-order valence-corrected chi connectivity index (χ4v) is 1.96. The number of hydrogen-bond acceptors (Lipinski definition) is 5. The summed E-state index contributed by atoms with van der Waals surface area (Å²) in [7, 11) is 0. The molecule has 84 valence electrons. The van der Waals surface area contributed by atoms with E-state index in [9.17, 15) is 0 Å². The van der Waals surface area contributed by atoms with Gasteiger partial charge in [0.1, 0.15) is 17.3 Å². The maximum Gasteiger partial charge on any atom is 0.255 e. The Hall–Kier alpha value is -1.40. The second kappa shape index (κ2) is 3.88. The third-order valence-electron chi connectivity index (χ3n) is 2.54. The second-order valence-corrected chi connectivity index (χ2v) is 3.90. The minimum Gasteiger partial charge on any atom is -0.378 e. The SMILES string of the molecule is Clc1cc(N2CCOCC2)n2ncnc2n1. The molecule has 0 aromatic carbocycles. The Morgan fingerprint density at radius 2 is 2.12 bits per heavy atom. The van der Waals surface area contributed by atoms with Crippen molar-refractivity contribution in [3.8, 4) is 0 Å². The zero-order chi connectivity index (χ0) is 11.0. The highest BCUT2D eigenvalue weighted by atomic mass is 35.5. The zero-order valence-electron chi connectivity index (χ0n) is 8.51. The van der Waals surface area contributed by atoms with Gasteiger partial charge in [0.2, 0.25) is 0 Å². The molecule has 6 nitrogen and oxygen atoms in total. The van der Waals surface area contributed by atoms with Crippen molar-refractivity contribution in [1.29, 1.82) is 0 Å². The molecule has 7 heteroatoms. The van der Waals surface area contributed by atoms with E-state index in [1.165, 1.54) is 6.33 Å². The van der Waals surface area contributed by atoms with E-state index in [2.05, 4.69) is 20.0 Å². The van der Waals surface area contributed by atoms with Gasteiger partial charge in [0, 0.05) is 19.2 Å². The number of anilines is 1. The standard InChI is InChI=1S/C9H10ClN5O/c10-7-5-8(14-1-3-16-4-2-14)15-9(13-7)11-6-12-15/h5-6H,1-4H2. The van der Waals surface area contributed by atoms with Crippen molar-refractivity contribution in [2.75, 3.05) is 31.2 Å². The molecular formula is C9H10ClN5O. The number of morpholine rings is 1. The first kappa shape index (κ1) is 9.80. The van der Waals surface area contributed by atoms with Crippen molar-refractivity contribution in [1.82, 2.24) is 19.6 Å². The predicted octanol–water partition coefficient (Wildman–Crippen LogP) is 0.614. The first-order valence-corrected chi connectivity index (χ1v) is 5.41. The molecule has 3 heterocycles. The Labute approximate surface area is 96.8 Å². The number of nitrogens with zero attached hydrogens (tertiary/aromatic N) is 5. The van der Waals surface area contributed by atoms with Crippen molar-refractivity contribution in [3.05, 3.63) is 17.5 Å². The highest BCUT2D eigenvalue weighted by molar-refractivity contribution is 6.29. The van der Waals surface area contributed by atoms with Crippen molar-refractivity contribution < 1.29 is 4.74 Å². The molecule has 0 radical (unpaired) electrons. The van der Waals surface area contributed by atoms with Crippen LogP contribution in [0.25, 0.3) is 5.78 Å². The Kier molecular flexibility index (Phi) is 2.37. The van der Waals surface area contributed by atoms with Crippen molar-refractivity contribution in [2.45, 2.75) is 0 Å². The summed E-state index contributed by atoms with van der Waals surface area (Å²) < 4.78 is 7.00. The van der Waals surface area contributed by atoms with E-state index < -0.39 is 0 Å². The molecule has 0 spiro atoms. The van der Waals surface area contributed by atoms with Gasteiger partial charge in [-0.3, -0.25) is 0 Å². The van der Waals surface area contributed by atoms with Gasteiger partial charge in [-0.15, -0.1) is 0 Å². The third kappa shape index (κ3) is 1.60. The van der Waals surface area contributed by atoms with E-state index in [0.717, 1.165) is 32.1 Å². The molecule has 0 amide bonds. The summed E-state index contributed by atoms with van der Waals surface area (Å²) in [4.78, 5) is 10.3. The van der Waals surface area contributed by atoms with Crippen LogP contribution in [0.2, 0.25) is 5.15 Å². The Balaban J connectivity index is 2.09. The molecule has 0 aliphatic carbocycles. The molecule has 1 aliphatic heterocycles. The van der Waals surface area contributed by atoms with Crippen molar-refractivity contribution in [3.63, 3.8) is 0 Å². The molecular weight excluding hydrogens is 230 g/mol. The number of ether oxygens (including phenoxy) is 1. The molecule has 0 N–H and O–H groups in total. The van der Waals surface area contributed by atoms with Crippen LogP contribution in [0.5, 0.6) is 0 Å². The van der Waals surface area contributed by atoms with Crippen LogP contribution in [0.15, 0.2) is 12.4 Å². The highest BCUT2D eigenvalue weighted by Gasteiger charge is 2.16. The lowest BCUT2D eigenvalue weighted by Gasteiger charge is -2.28. The van der Waals surface area contributed by atoms with Gasteiger partial charge < -0.3 is 9.64 Å². The lowest BCUT2D eigenvalue weighted by Crippen LogP contribution is -2.37. The largest absolute Gasteiger partial charge is 0.378 e. The quantitative estimate of drug-likeness (QED) is 0.683. The molecule has 1 saturated heterocycles. The molecule has 16 heavy (non-hydrogen) atoms. The molecule has 2 aromatic heterocycles. The van der Waals surface area contributed by atoms with Gasteiger partial charge in [0.15, 0.2) is 0 Å². The second-order valence-electron chi connectivity index (χ2n) is 3.51. The first-order valence-electron chi connectivity index (χ1n) is 5.03. The maximum absolute atomic E-state index is 5.95. The number of fused-ring (bicyclic) bond motifs is 1. The van der Waals surface area contributed by atoms with E-state index in [-0.39, 0.29) is 0 Å². The topological polar surface area (TPSA) is 55.6 Å². The Bertz CT molecular complexity index is 508. The average molecular weight is 240 g/mol. The van der Waals surface area contributed by atoms with Crippen LogP contribution in [0.4, 0.5) is 5.82 Å². The average Bonchev–Trinajstić information content (AvgIpc) is 2.77. The molecule has 0 saturated carbocycles. The summed E-state index contributed by atoms with van der Waals surface area (Å²) in [6, 6.07) is 1.80. The fourth-order valence-electron chi connectivity index (χ4n) is 1.79. The zero-order valence-corrected chi connectivity index (χ0v) is 9.26. The summed E-state index contributed by atoms with van der Waals surface area (Å²) in [6.07, 6.45) is 1.47. The van der Waals surface area contributed by atoms with Gasteiger partial charge in [-0.1, -0.05) is 11.6 Å². The number of rotatable bonds is 1. The van der Waals surface area contributed by atoms with E-state index in [1.807, 2.05) is 0 Å². The Morgan fingerprint density at radius 1 is 1.31 bits per heavy atom. The molecule has 0 atom stereocenters. The van der Waals surface area contributed by atoms with Crippen LogP contribution in [0.3, 0.4) is 0 Å². The summed E-state index contributed by atoms with van der Waals surface area (Å²) >= 11 is 5.95. The van der Waals surface area contributed by atoms with Crippen LogP contribution in [0, 0.1) is 0 Å². The summed E-state index contributed by atoms with van der Waals surface area (Å²) in [5, 5.41) is 4.57. The van der Waals surface area contributed by atoms with Crippen LogP contribution in [-0.2, 0) is 4.74 Å². The van der Waals surface area contributed by atoms with Crippen LogP contribution < -0.4 is 4.90 Å². The van der Waals surface area contributed by atoms with Gasteiger partial charge in [-0.25, -0.2) is 0 Å². The van der Waals surface area contributed by atoms with E-state index in [0.29, 0.717) is 10.9 Å². The number of halogens is 1. The maximum atomic E-state index is 5.95. The summed E-state index contributed by atoms with van der Waals surface area (Å²) in [5.74, 6) is 1.43. The highest BCUT2D eigenvalue weighted by Crippen LogP contribution is 2.19. The monoisotopic (exact) mass is 239 g/mol. The molecule has 2 aromatic rings. The van der Waals surface area contributed by atoms with Crippen molar-refractivity contribution in [2.24, 2.45) is 0 Å². The molecule has 0 bridgehead atoms. The smallest absolute Gasteiger partial charge is 0.255 e. The molecule has 0 unspecified atom stereocenters. The van der Waals surface area contributed by atoms with Crippen LogP contribution >= 0.6 is 11.6 Å². The van der Waals surface area contributed by atoms with Gasteiger partial charge in [-0.05, 0) is 0 Å².